The fourth-order valence-electron chi connectivity index (χ4n) is 3.06. The third-order valence-corrected chi connectivity index (χ3v) is 4.69. The highest BCUT2D eigenvalue weighted by Crippen LogP contribution is 2.09. The van der Waals surface area contributed by atoms with Crippen molar-refractivity contribution in [2.45, 2.75) is 110 Å². The van der Waals surface area contributed by atoms with E-state index in [2.05, 4.69) is 36.5 Å². The molecule has 28 heavy (non-hydrogen) atoms. The second-order valence-electron chi connectivity index (χ2n) is 8.07. The molecule has 0 aromatic carbocycles. The lowest BCUT2D eigenvalue weighted by molar-refractivity contribution is -0.142. The fraction of sp³-hybridized carbons (Fsp3) is 0.750. The van der Waals surface area contributed by atoms with Crippen LogP contribution in [0, 0.1) is 5.92 Å². The Hall–Kier alpha value is -1.58. The largest absolute Gasteiger partial charge is 0.480 e. The van der Waals surface area contributed by atoms with Gasteiger partial charge in [0.05, 0.1) is 0 Å². The quantitative estimate of drug-likeness (QED) is 0.209. The van der Waals surface area contributed by atoms with Gasteiger partial charge in [-0.25, -0.2) is 4.79 Å². The number of carbonyl (C=O) groups excluding carboxylic acids is 1. The van der Waals surface area contributed by atoms with E-state index in [0.717, 1.165) is 32.1 Å². The van der Waals surface area contributed by atoms with Crippen molar-refractivity contribution in [1.29, 1.82) is 0 Å². The minimum Gasteiger partial charge on any atom is -0.480 e. The summed E-state index contributed by atoms with van der Waals surface area (Å²) in [6.07, 6.45) is 22.6. The van der Waals surface area contributed by atoms with Crippen LogP contribution in [0.5, 0.6) is 0 Å². The van der Waals surface area contributed by atoms with Gasteiger partial charge in [-0.2, -0.15) is 0 Å². The monoisotopic (exact) mass is 393 g/mol. The predicted octanol–water partition coefficient (Wildman–Crippen LogP) is 6.42. The summed E-state index contributed by atoms with van der Waals surface area (Å²) in [6.45, 7) is 6.15. The van der Waals surface area contributed by atoms with Gasteiger partial charge in [0, 0.05) is 6.42 Å². The molecule has 0 aliphatic heterocycles. The van der Waals surface area contributed by atoms with E-state index in [4.69, 9.17) is 5.11 Å². The van der Waals surface area contributed by atoms with Crippen LogP contribution in [0.2, 0.25) is 0 Å². The van der Waals surface area contributed by atoms with Crippen molar-refractivity contribution in [3.8, 4) is 0 Å². The molecule has 0 spiro atoms. The lowest BCUT2D eigenvalue weighted by atomic mass is 10.0. The summed E-state index contributed by atoms with van der Waals surface area (Å²) in [7, 11) is 0. The van der Waals surface area contributed by atoms with Gasteiger partial charge in [0.1, 0.15) is 6.04 Å². The molecule has 0 radical (unpaired) electrons. The van der Waals surface area contributed by atoms with E-state index in [9.17, 15) is 9.59 Å². The molecule has 0 aliphatic carbocycles. The van der Waals surface area contributed by atoms with Crippen LogP contribution in [0.3, 0.4) is 0 Å². The lowest BCUT2D eigenvalue weighted by Crippen LogP contribution is -2.41. The first-order valence-corrected chi connectivity index (χ1v) is 11.3. The smallest absolute Gasteiger partial charge is 0.326 e. The molecule has 0 aromatic heterocycles. The first-order valence-electron chi connectivity index (χ1n) is 11.3. The second kappa shape index (κ2) is 18.8. The summed E-state index contributed by atoms with van der Waals surface area (Å²) in [5.41, 5.74) is 0. The van der Waals surface area contributed by atoms with Gasteiger partial charge in [-0.3, -0.25) is 4.79 Å². The highest BCUT2D eigenvalue weighted by atomic mass is 16.4. The molecule has 4 nitrogen and oxygen atoms in total. The van der Waals surface area contributed by atoms with Gasteiger partial charge < -0.3 is 10.4 Å². The molecule has 1 amide bonds. The van der Waals surface area contributed by atoms with Crippen LogP contribution in [0.4, 0.5) is 0 Å². The van der Waals surface area contributed by atoms with Gasteiger partial charge in [-0.05, 0) is 50.9 Å². The number of aliphatic carboxylic acids is 1. The molecule has 0 fully saturated rings. The molecular weight excluding hydrogens is 350 g/mol. The molecule has 162 valence electrons. The van der Waals surface area contributed by atoms with E-state index in [1.807, 2.05) is 13.8 Å². The SMILES string of the molecule is CCCCC/C=C\C/C=C\CCCCCCCC(=O)N[C@@H](CC(C)C)C(=O)O. The molecule has 0 heterocycles. The Morgan fingerprint density at radius 2 is 1.43 bits per heavy atom. The van der Waals surface area contributed by atoms with Gasteiger partial charge in [-0.1, -0.05) is 77.2 Å². The zero-order valence-corrected chi connectivity index (χ0v) is 18.4. The maximum Gasteiger partial charge on any atom is 0.326 e. The Morgan fingerprint density at radius 1 is 0.857 bits per heavy atom. The second-order valence-corrected chi connectivity index (χ2v) is 8.07. The highest BCUT2D eigenvalue weighted by molar-refractivity contribution is 5.83. The highest BCUT2D eigenvalue weighted by Gasteiger charge is 2.20. The normalized spacial score (nSPS) is 12.9. The van der Waals surface area contributed by atoms with Crippen LogP contribution in [0.1, 0.15) is 104 Å². The minimum absolute atomic E-state index is 0.140. The number of hydrogen-bond donors (Lipinski definition) is 2. The predicted molar refractivity (Wildman–Crippen MR) is 118 cm³/mol. The van der Waals surface area contributed by atoms with Crippen LogP contribution < -0.4 is 5.32 Å². The van der Waals surface area contributed by atoms with Crippen molar-refractivity contribution in [3.63, 3.8) is 0 Å². The van der Waals surface area contributed by atoms with Gasteiger partial charge in [0.15, 0.2) is 0 Å². The van der Waals surface area contributed by atoms with Crippen LogP contribution >= 0.6 is 0 Å². The van der Waals surface area contributed by atoms with Crippen molar-refractivity contribution < 1.29 is 14.7 Å². The third-order valence-electron chi connectivity index (χ3n) is 4.69. The molecule has 0 saturated heterocycles. The Morgan fingerprint density at radius 3 is 2.00 bits per heavy atom. The first kappa shape index (κ1) is 26.4. The zero-order valence-electron chi connectivity index (χ0n) is 18.4. The summed E-state index contributed by atoms with van der Waals surface area (Å²) >= 11 is 0. The molecular formula is C24H43NO3. The number of allylic oxidation sites excluding steroid dienone is 4. The minimum atomic E-state index is -0.943. The van der Waals surface area contributed by atoms with Crippen molar-refractivity contribution in [1.82, 2.24) is 5.32 Å². The van der Waals surface area contributed by atoms with Crippen LogP contribution in [0.25, 0.3) is 0 Å². The Balaban J connectivity index is 3.57. The molecule has 0 saturated carbocycles. The Kier molecular flexibility index (Phi) is 17.7. The number of hydrogen-bond acceptors (Lipinski definition) is 2. The number of carbonyl (C=O) groups is 2. The molecule has 2 N–H and O–H groups in total. The van der Waals surface area contributed by atoms with E-state index >= 15 is 0 Å². The summed E-state index contributed by atoms with van der Waals surface area (Å²) in [5, 5.41) is 11.8. The Labute approximate surface area is 172 Å². The summed E-state index contributed by atoms with van der Waals surface area (Å²) in [5.74, 6) is -0.835. The molecule has 0 aromatic rings. The average Bonchev–Trinajstić information content (AvgIpc) is 2.64. The number of nitrogens with one attached hydrogen (secondary N) is 1. The van der Waals surface area contributed by atoms with Crippen molar-refractivity contribution >= 4 is 11.9 Å². The topological polar surface area (TPSA) is 66.4 Å². The lowest BCUT2D eigenvalue weighted by Gasteiger charge is -2.16. The molecule has 0 aliphatic rings. The Bertz CT molecular complexity index is 455. The van der Waals surface area contributed by atoms with Crippen LogP contribution in [-0.4, -0.2) is 23.0 Å². The summed E-state index contributed by atoms with van der Waals surface area (Å²) < 4.78 is 0. The van der Waals surface area contributed by atoms with Crippen LogP contribution in [-0.2, 0) is 9.59 Å². The zero-order chi connectivity index (χ0) is 21.0. The maximum atomic E-state index is 11.9. The molecule has 4 heteroatoms. The number of unbranched alkanes of at least 4 members (excludes halogenated alkanes) is 8. The fourth-order valence-corrected chi connectivity index (χ4v) is 3.06. The van der Waals surface area contributed by atoms with Crippen LogP contribution in [0.15, 0.2) is 24.3 Å². The van der Waals surface area contributed by atoms with E-state index in [1.165, 1.54) is 38.5 Å². The molecule has 0 rings (SSSR count). The first-order chi connectivity index (χ1) is 13.5. The third kappa shape index (κ3) is 17.8. The van der Waals surface area contributed by atoms with Gasteiger partial charge in [-0.15, -0.1) is 0 Å². The average molecular weight is 394 g/mol. The standard InChI is InChI=1S/C24H43NO3/c1-4-5-6-7-8-9-10-11-12-13-14-15-16-17-18-19-23(26)25-22(24(27)28)20-21(2)3/h8-9,11-12,21-22H,4-7,10,13-20H2,1-3H3,(H,25,26)(H,27,28)/b9-8-,12-11-/t22-/m0/s1. The number of amides is 1. The van der Waals surface area contributed by atoms with E-state index < -0.39 is 12.0 Å². The molecule has 0 bridgehead atoms. The number of carboxylic acid groups (broad SMARTS) is 1. The van der Waals surface area contributed by atoms with E-state index in [1.54, 1.807) is 0 Å². The van der Waals surface area contributed by atoms with Crippen molar-refractivity contribution in [2.75, 3.05) is 0 Å². The van der Waals surface area contributed by atoms with Crippen molar-refractivity contribution in [3.05, 3.63) is 24.3 Å². The molecule has 0 unspecified atom stereocenters. The maximum absolute atomic E-state index is 11.9. The van der Waals surface area contributed by atoms with Gasteiger partial charge in [0.2, 0.25) is 5.91 Å². The molecule has 1 atom stereocenters. The van der Waals surface area contributed by atoms with Crippen molar-refractivity contribution in [2.24, 2.45) is 5.92 Å². The summed E-state index contributed by atoms with van der Waals surface area (Å²) in [4.78, 5) is 23.0. The number of carboxylic acids is 1. The van der Waals surface area contributed by atoms with Gasteiger partial charge >= 0.3 is 5.97 Å². The van der Waals surface area contributed by atoms with Gasteiger partial charge in [0.25, 0.3) is 0 Å². The van der Waals surface area contributed by atoms with E-state index in [-0.39, 0.29) is 11.8 Å². The van der Waals surface area contributed by atoms with E-state index in [0.29, 0.717) is 12.8 Å². The summed E-state index contributed by atoms with van der Waals surface area (Å²) in [6, 6.07) is -0.759. The number of rotatable bonds is 18.